The van der Waals surface area contributed by atoms with Gasteiger partial charge >= 0.3 is 0 Å². The smallest absolute Gasteiger partial charge is 0.257 e. The second kappa shape index (κ2) is 8.63. The minimum atomic E-state index is -3.92. The molecule has 0 aliphatic carbocycles. The van der Waals surface area contributed by atoms with Crippen LogP contribution < -0.4 is 9.88 Å². The van der Waals surface area contributed by atoms with E-state index < -0.39 is 10.0 Å². The Kier molecular flexibility index (Phi) is 6.76. The van der Waals surface area contributed by atoms with Crippen molar-refractivity contribution in [3.63, 3.8) is 0 Å². The number of sulfonamides is 1. The van der Waals surface area contributed by atoms with Gasteiger partial charge in [-0.05, 0) is 24.7 Å². The highest BCUT2D eigenvalue weighted by atomic mass is 32.2. The number of rotatable bonds is 9. The summed E-state index contributed by atoms with van der Waals surface area (Å²) in [5.41, 5.74) is 2.37. The molecule has 1 aromatic carbocycles. The third-order valence-electron chi connectivity index (χ3n) is 4.14. The Morgan fingerprint density at radius 1 is 1.23 bits per heavy atom. The highest BCUT2D eigenvalue weighted by Crippen LogP contribution is 2.23. The first-order chi connectivity index (χ1) is 12.3. The van der Waals surface area contributed by atoms with Gasteiger partial charge in [-0.1, -0.05) is 12.1 Å². The standard InChI is InChI=1S/C17H26N4O4S/c1-20(9-10-24-3)12-16-15(17(19-21(16)2)26(18,22)23)11-13-5-7-14(25-4)8-6-13/h5-8H,9-12H2,1-4H3,(H2,18,22,23). The summed E-state index contributed by atoms with van der Waals surface area (Å²) in [5, 5.41) is 9.48. The van der Waals surface area contributed by atoms with E-state index in [2.05, 4.69) is 5.10 Å². The van der Waals surface area contributed by atoms with Crippen LogP contribution in [-0.4, -0.2) is 57.5 Å². The summed E-state index contributed by atoms with van der Waals surface area (Å²) in [6, 6.07) is 7.48. The van der Waals surface area contributed by atoms with Crippen molar-refractivity contribution in [2.45, 2.75) is 18.0 Å². The molecule has 0 amide bonds. The fraction of sp³-hybridized carbons (Fsp3) is 0.471. The Bertz CT molecular complexity index is 831. The average Bonchev–Trinajstić information content (AvgIpc) is 2.90. The van der Waals surface area contributed by atoms with Gasteiger partial charge in [0, 0.05) is 39.2 Å². The third kappa shape index (κ3) is 5.04. The first kappa shape index (κ1) is 20.4. The van der Waals surface area contributed by atoms with Crippen LogP contribution in [0.5, 0.6) is 5.75 Å². The van der Waals surface area contributed by atoms with E-state index in [1.165, 1.54) is 0 Å². The van der Waals surface area contributed by atoms with Gasteiger partial charge < -0.3 is 9.47 Å². The minimum Gasteiger partial charge on any atom is -0.497 e. The quantitative estimate of drug-likeness (QED) is 0.687. The van der Waals surface area contributed by atoms with Gasteiger partial charge in [0.1, 0.15) is 5.75 Å². The van der Waals surface area contributed by atoms with Gasteiger partial charge in [-0.25, -0.2) is 13.6 Å². The van der Waals surface area contributed by atoms with E-state index in [0.717, 1.165) is 17.0 Å². The summed E-state index contributed by atoms with van der Waals surface area (Å²) >= 11 is 0. The van der Waals surface area contributed by atoms with E-state index in [1.807, 2.05) is 36.2 Å². The molecule has 144 valence electrons. The predicted octanol–water partition coefficient (Wildman–Crippen LogP) is 0.745. The van der Waals surface area contributed by atoms with Crippen LogP contribution in [0.1, 0.15) is 16.8 Å². The number of primary sulfonamides is 1. The summed E-state index contributed by atoms with van der Waals surface area (Å²) < 4.78 is 35.9. The summed E-state index contributed by atoms with van der Waals surface area (Å²) in [4.78, 5) is 2.05. The highest BCUT2D eigenvalue weighted by molar-refractivity contribution is 7.89. The minimum absolute atomic E-state index is 0.0778. The number of methoxy groups -OCH3 is 2. The van der Waals surface area contributed by atoms with Crippen molar-refractivity contribution in [2.24, 2.45) is 12.2 Å². The van der Waals surface area contributed by atoms with Gasteiger partial charge in [-0.3, -0.25) is 9.58 Å². The number of nitrogens with zero attached hydrogens (tertiary/aromatic N) is 3. The SMILES string of the molecule is COCCN(C)Cc1c(Cc2ccc(OC)cc2)c(S(N)(=O)=O)nn1C. The summed E-state index contributed by atoms with van der Waals surface area (Å²) in [5.74, 6) is 0.742. The predicted molar refractivity (Wildman–Crippen MR) is 98.6 cm³/mol. The number of likely N-dealkylation sites (N-methyl/N-ethyl adjacent to an activating group) is 1. The molecule has 2 N–H and O–H groups in total. The van der Waals surface area contributed by atoms with E-state index in [0.29, 0.717) is 31.7 Å². The third-order valence-corrected chi connectivity index (χ3v) is 5.01. The van der Waals surface area contributed by atoms with Crippen LogP contribution in [0.25, 0.3) is 0 Å². The Balaban J connectivity index is 2.39. The van der Waals surface area contributed by atoms with Crippen LogP contribution in [0.2, 0.25) is 0 Å². The van der Waals surface area contributed by atoms with Gasteiger partial charge in [-0.2, -0.15) is 5.10 Å². The molecule has 0 saturated carbocycles. The molecule has 0 aliphatic heterocycles. The molecule has 0 spiro atoms. The summed E-state index contributed by atoms with van der Waals surface area (Å²) in [7, 11) is 3.00. The van der Waals surface area contributed by atoms with Crippen LogP contribution in [-0.2, 0) is 34.8 Å². The molecule has 0 radical (unpaired) electrons. The molecule has 1 aromatic heterocycles. The highest BCUT2D eigenvalue weighted by Gasteiger charge is 2.24. The van der Waals surface area contributed by atoms with Crippen molar-refractivity contribution >= 4 is 10.0 Å². The van der Waals surface area contributed by atoms with Crippen molar-refractivity contribution in [1.29, 1.82) is 0 Å². The number of hydrogen-bond donors (Lipinski definition) is 1. The average molecular weight is 382 g/mol. The monoisotopic (exact) mass is 382 g/mol. The molecule has 2 rings (SSSR count). The maximum Gasteiger partial charge on any atom is 0.257 e. The fourth-order valence-corrected chi connectivity index (χ4v) is 3.48. The normalized spacial score (nSPS) is 11.9. The molecule has 0 bridgehead atoms. The van der Waals surface area contributed by atoms with Crippen molar-refractivity contribution in [3.05, 3.63) is 41.1 Å². The van der Waals surface area contributed by atoms with Gasteiger partial charge in [0.15, 0.2) is 5.03 Å². The molecule has 8 nitrogen and oxygen atoms in total. The number of aryl methyl sites for hydroxylation is 1. The molecule has 0 saturated heterocycles. The number of hydrogen-bond acceptors (Lipinski definition) is 6. The van der Waals surface area contributed by atoms with Crippen molar-refractivity contribution in [1.82, 2.24) is 14.7 Å². The van der Waals surface area contributed by atoms with Gasteiger partial charge in [-0.15, -0.1) is 0 Å². The second-order valence-corrected chi connectivity index (χ2v) is 7.63. The number of ether oxygens (including phenoxy) is 2. The zero-order chi connectivity index (χ0) is 19.3. The molecule has 2 aromatic rings. The number of nitrogens with two attached hydrogens (primary N) is 1. The van der Waals surface area contributed by atoms with Crippen LogP contribution in [0.15, 0.2) is 29.3 Å². The number of aromatic nitrogens is 2. The van der Waals surface area contributed by atoms with E-state index in [1.54, 1.807) is 25.9 Å². The molecule has 9 heteroatoms. The maximum atomic E-state index is 12.0. The number of benzene rings is 1. The molecule has 0 aliphatic rings. The Hall–Kier alpha value is -1.94. The topological polar surface area (TPSA) is 99.7 Å². The van der Waals surface area contributed by atoms with Crippen LogP contribution >= 0.6 is 0 Å². The zero-order valence-electron chi connectivity index (χ0n) is 15.6. The fourth-order valence-electron chi connectivity index (χ4n) is 2.71. The Morgan fingerprint density at radius 3 is 2.42 bits per heavy atom. The van der Waals surface area contributed by atoms with Crippen LogP contribution in [0.3, 0.4) is 0 Å². The lowest BCUT2D eigenvalue weighted by Gasteiger charge is -2.17. The molecular weight excluding hydrogens is 356 g/mol. The molecule has 0 atom stereocenters. The van der Waals surface area contributed by atoms with E-state index >= 15 is 0 Å². The Morgan fingerprint density at radius 2 is 1.88 bits per heavy atom. The van der Waals surface area contributed by atoms with Crippen molar-refractivity contribution in [3.8, 4) is 5.75 Å². The summed E-state index contributed by atoms with van der Waals surface area (Å²) in [6.07, 6.45) is 0.414. The van der Waals surface area contributed by atoms with Crippen molar-refractivity contribution in [2.75, 3.05) is 34.4 Å². The van der Waals surface area contributed by atoms with Gasteiger partial charge in [0.25, 0.3) is 10.0 Å². The molecule has 0 unspecified atom stereocenters. The Labute approximate surface area is 154 Å². The molecule has 0 fully saturated rings. The van der Waals surface area contributed by atoms with Crippen LogP contribution in [0.4, 0.5) is 0 Å². The van der Waals surface area contributed by atoms with E-state index in [4.69, 9.17) is 14.6 Å². The molecule has 1 heterocycles. The molecular formula is C17H26N4O4S. The van der Waals surface area contributed by atoms with Crippen molar-refractivity contribution < 1.29 is 17.9 Å². The lowest BCUT2D eigenvalue weighted by Crippen LogP contribution is -2.24. The first-order valence-electron chi connectivity index (χ1n) is 8.14. The molecule has 26 heavy (non-hydrogen) atoms. The lowest BCUT2D eigenvalue weighted by molar-refractivity contribution is 0.157. The maximum absolute atomic E-state index is 12.0. The largest absolute Gasteiger partial charge is 0.497 e. The first-order valence-corrected chi connectivity index (χ1v) is 9.68. The van der Waals surface area contributed by atoms with E-state index in [-0.39, 0.29) is 5.03 Å². The van der Waals surface area contributed by atoms with Gasteiger partial charge in [0.05, 0.1) is 19.4 Å². The zero-order valence-corrected chi connectivity index (χ0v) is 16.4. The second-order valence-electron chi connectivity index (χ2n) is 6.15. The van der Waals surface area contributed by atoms with Crippen LogP contribution in [0, 0.1) is 0 Å². The van der Waals surface area contributed by atoms with E-state index in [9.17, 15) is 8.42 Å². The summed E-state index contributed by atoms with van der Waals surface area (Å²) in [6.45, 7) is 1.84. The van der Waals surface area contributed by atoms with Gasteiger partial charge in [0.2, 0.25) is 0 Å². The lowest BCUT2D eigenvalue weighted by atomic mass is 10.0.